The van der Waals surface area contributed by atoms with E-state index in [9.17, 15) is 9.59 Å². The highest BCUT2D eigenvalue weighted by atomic mass is 16.2. The van der Waals surface area contributed by atoms with E-state index in [0.29, 0.717) is 6.42 Å². The lowest BCUT2D eigenvalue weighted by Gasteiger charge is -2.02. The molecule has 20 heavy (non-hydrogen) atoms. The number of hydrogen-bond donors (Lipinski definition) is 0. The van der Waals surface area contributed by atoms with E-state index in [1.807, 2.05) is 0 Å². The molecule has 0 bridgehead atoms. The number of isocyanates is 1. The first-order valence-corrected chi connectivity index (χ1v) is 8.42. The minimum atomic E-state index is -0.330. The summed E-state index contributed by atoms with van der Waals surface area (Å²) in [5.41, 5.74) is 0. The van der Waals surface area contributed by atoms with Gasteiger partial charge in [0, 0.05) is 6.42 Å². The standard InChI is InChI=1S/C17H31NO2/c1-2-3-4-5-6-7-8-9-10-11-12-13-14-15-17(20)18-16-19/h2-15H2,1H3. The highest BCUT2D eigenvalue weighted by Crippen LogP contribution is 2.12. The Bertz CT molecular complexity index is 270. The van der Waals surface area contributed by atoms with Crippen molar-refractivity contribution in [3.63, 3.8) is 0 Å². The molecule has 3 heteroatoms. The maximum absolute atomic E-state index is 10.9. The van der Waals surface area contributed by atoms with Crippen LogP contribution in [-0.2, 0) is 9.59 Å². The van der Waals surface area contributed by atoms with Crippen molar-refractivity contribution in [1.82, 2.24) is 0 Å². The number of nitrogens with zero attached hydrogens (tertiary/aromatic N) is 1. The number of unbranched alkanes of at least 4 members (excludes halogenated alkanes) is 12. The Morgan fingerprint density at radius 2 is 1.15 bits per heavy atom. The fourth-order valence-electron chi connectivity index (χ4n) is 2.40. The lowest BCUT2D eigenvalue weighted by molar-refractivity contribution is -0.117. The van der Waals surface area contributed by atoms with Gasteiger partial charge in [0.15, 0.2) is 0 Å². The predicted octanol–water partition coefficient (Wildman–Crippen LogP) is 5.33. The molecule has 0 aliphatic heterocycles. The molecule has 1 amide bonds. The summed E-state index contributed by atoms with van der Waals surface area (Å²) < 4.78 is 0. The molecule has 3 nitrogen and oxygen atoms in total. The molecule has 0 saturated carbocycles. The van der Waals surface area contributed by atoms with Gasteiger partial charge in [0.25, 0.3) is 5.91 Å². The highest BCUT2D eigenvalue weighted by Gasteiger charge is 1.98. The zero-order chi connectivity index (χ0) is 14.9. The molecule has 0 aromatic carbocycles. The van der Waals surface area contributed by atoms with Crippen LogP contribution in [-0.4, -0.2) is 12.0 Å². The molecule has 116 valence electrons. The molecule has 0 unspecified atom stereocenters. The van der Waals surface area contributed by atoms with E-state index in [1.54, 1.807) is 0 Å². The highest BCUT2D eigenvalue weighted by molar-refractivity contribution is 5.81. The summed E-state index contributed by atoms with van der Waals surface area (Å²) in [6.45, 7) is 2.26. The zero-order valence-electron chi connectivity index (χ0n) is 13.2. The maximum atomic E-state index is 10.9. The van der Waals surface area contributed by atoms with Crippen LogP contribution in [0.15, 0.2) is 4.99 Å². The van der Waals surface area contributed by atoms with Crippen LogP contribution in [0.5, 0.6) is 0 Å². The first-order chi connectivity index (χ1) is 9.81. The van der Waals surface area contributed by atoms with Crippen LogP contribution >= 0.6 is 0 Å². The molecule has 0 aliphatic rings. The van der Waals surface area contributed by atoms with E-state index in [2.05, 4.69) is 11.9 Å². The first-order valence-electron chi connectivity index (χ1n) is 8.42. The van der Waals surface area contributed by atoms with Crippen molar-refractivity contribution >= 4 is 12.0 Å². The van der Waals surface area contributed by atoms with Gasteiger partial charge in [0.1, 0.15) is 0 Å². The van der Waals surface area contributed by atoms with Crippen molar-refractivity contribution in [2.24, 2.45) is 4.99 Å². The molecule has 0 atom stereocenters. The Kier molecular flexibility index (Phi) is 15.3. The molecule has 0 radical (unpaired) electrons. The molecular weight excluding hydrogens is 250 g/mol. The molecular formula is C17H31NO2. The van der Waals surface area contributed by atoms with Crippen molar-refractivity contribution in [2.45, 2.75) is 96.8 Å². The van der Waals surface area contributed by atoms with Crippen LogP contribution in [0.2, 0.25) is 0 Å². The van der Waals surface area contributed by atoms with E-state index in [1.165, 1.54) is 76.7 Å². The summed E-state index contributed by atoms with van der Waals surface area (Å²) >= 11 is 0. The zero-order valence-corrected chi connectivity index (χ0v) is 13.2. The Morgan fingerprint density at radius 3 is 1.55 bits per heavy atom. The molecule has 0 aromatic rings. The molecule has 0 aliphatic carbocycles. The minimum Gasteiger partial charge on any atom is -0.272 e. The largest absolute Gasteiger partial charge is 0.272 e. The first kappa shape index (κ1) is 19.1. The quantitative estimate of drug-likeness (QED) is 0.245. The van der Waals surface area contributed by atoms with Crippen molar-refractivity contribution in [2.75, 3.05) is 0 Å². The van der Waals surface area contributed by atoms with Crippen LogP contribution in [0.25, 0.3) is 0 Å². The molecule has 0 fully saturated rings. The second-order valence-corrected chi connectivity index (χ2v) is 5.59. The van der Waals surface area contributed by atoms with Gasteiger partial charge in [0.05, 0.1) is 0 Å². The van der Waals surface area contributed by atoms with Gasteiger partial charge in [-0.3, -0.25) is 4.79 Å². The number of aliphatic imine (C=N–C) groups is 1. The van der Waals surface area contributed by atoms with Crippen molar-refractivity contribution < 1.29 is 9.59 Å². The third-order valence-electron chi connectivity index (χ3n) is 3.66. The molecule has 0 saturated heterocycles. The second kappa shape index (κ2) is 16.1. The van der Waals surface area contributed by atoms with Crippen LogP contribution in [0.3, 0.4) is 0 Å². The average Bonchev–Trinajstić information content (AvgIpc) is 2.44. The lowest BCUT2D eigenvalue weighted by atomic mass is 10.0. The SMILES string of the molecule is CCCCCCCCCCCCCCCC(=O)N=C=O. The van der Waals surface area contributed by atoms with Gasteiger partial charge >= 0.3 is 0 Å². The van der Waals surface area contributed by atoms with Crippen LogP contribution in [0.1, 0.15) is 96.8 Å². The van der Waals surface area contributed by atoms with Gasteiger partial charge in [-0.2, -0.15) is 0 Å². The summed E-state index contributed by atoms with van der Waals surface area (Å²) in [6.07, 6.45) is 18.4. The van der Waals surface area contributed by atoms with Gasteiger partial charge in [-0.15, -0.1) is 4.99 Å². The molecule has 0 heterocycles. The van der Waals surface area contributed by atoms with Gasteiger partial charge in [-0.1, -0.05) is 84.0 Å². The predicted molar refractivity (Wildman–Crippen MR) is 83.4 cm³/mol. The summed E-state index contributed by atoms with van der Waals surface area (Å²) in [7, 11) is 0. The second-order valence-electron chi connectivity index (χ2n) is 5.59. The third-order valence-corrected chi connectivity index (χ3v) is 3.66. The Balaban J connectivity index is 3.06. The number of carbonyl (C=O) groups is 1. The van der Waals surface area contributed by atoms with Crippen LogP contribution in [0.4, 0.5) is 0 Å². The molecule has 0 N–H and O–H groups in total. The van der Waals surface area contributed by atoms with E-state index < -0.39 is 0 Å². The van der Waals surface area contributed by atoms with Gasteiger partial charge in [-0.25, -0.2) is 4.79 Å². The fraction of sp³-hybridized carbons (Fsp3) is 0.882. The average molecular weight is 281 g/mol. The summed E-state index contributed by atoms with van der Waals surface area (Å²) in [6, 6.07) is 0. The van der Waals surface area contributed by atoms with Gasteiger partial charge < -0.3 is 0 Å². The van der Waals surface area contributed by atoms with Crippen molar-refractivity contribution in [1.29, 1.82) is 0 Å². The van der Waals surface area contributed by atoms with Crippen molar-refractivity contribution in [3.05, 3.63) is 0 Å². The Morgan fingerprint density at radius 1 is 0.750 bits per heavy atom. The topological polar surface area (TPSA) is 46.5 Å². The monoisotopic (exact) mass is 281 g/mol. The Labute approximate surface area is 124 Å². The number of hydrogen-bond acceptors (Lipinski definition) is 2. The number of carbonyl (C=O) groups excluding carboxylic acids is 2. The fourth-order valence-corrected chi connectivity index (χ4v) is 2.40. The Hall–Kier alpha value is -0.950. The van der Waals surface area contributed by atoms with Crippen molar-refractivity contribution in [3.8, 4) is 0 Å². The maximum Gasteiger partial charge on any atom is 0.256 e. The van der Waals surface area contributed by atoms with Crippen LogP contribution < -0.4 is 0 Å². The van der Waals surface area contributed by atoms with Crippen LogP contribution in [0, 0.1) is 0 Å². The third kappa shape index (κ3) is 15.1. The normalized spacial score (nSPS) is 10.2. The minimum absolute atomic E-state index is 0.330. The number of rotatable bonds is 14. The van der Waals surface area contributed by atoms with E-state index in [4.69, 9.17) is 0 Å². The number of amides is 1. The van der Waals surface area contributed by atoms with E-state index in [-0.39, 0.29) is 5.91 Å². The smallest absolute Gasteiger partial charge is 0.256 e. The lowest BCUT2D eigenvalue weighted by Crippen LogP contribution is -1.92. The molecule has 0 spiro atoms. The van der Waals surface area contributed by atoms with E-state index >= 15 is 0 Å². The van der Waals surface area contributed by atoms with Gasteiger partial charge in [-0.05, 0) is 6.42 Å². The summed E-state index contributed by atoms with van der Waals surface area (Å²) in [5, 5.41) is 0. The summed E-state index contributed by atoms with van der Waals surface area (Å²) in [4.78, 5) is 23.8. The molecule has 0 rings (SSSR count). The van der Waals surface area contributed by atoms with Gasteiger partial charge in [0.2, 0.25) is 6.08 Å². The molecule has 0 aromatic heterocycles. The van der Waals surface area contributed by atoms with E-state index in [0.717, 1.165) is 12.8 Å². The summed E-state index contributed by atoms with van der Waals surface area (Å²) in [5.74, 6) is -0.330.